The van der Waals surface area contributed by atoms with Crippen LogP contribution in [0.5, 0.6) is 11.5 Å². The number of benzene rings is 3. The third-order valence-corrected chi connectivity index (χ3v) is 5.28. The van der Waals surface area contributed by atoms with Gasteiger partial charge in [-0.1, -0.05) is 35.9 Å². The molecule has 174 valence electrons. The minimum Gasteiger partial charge on any atom is -0.493 e. The molecule has 0 heterocycles. The van der Waals surface area contributed by atoms with E-state index >= 15 is 0 Å². The molecule has 35 heavy (non-hydrogen) atoms. The Morgan fingerprint density at radius 2 is 1.86 bits per heavy atom. The number of hydrogen-bond donors (Lipinski definition) is 1. The number of nitrogens with zero attached hydrogens (tertiary/aromatic N) is 2. The van der Waals surface area contributed by atoms with Gasteiger partial charge in [0.25, 0.3) is 5.91 Å². The van der Waals surface area contributed by atoms with E-state index < -0.39 is 5.91 Å². The number of rotatable bonds is 9. The first-order chi connectivity index (χ1) is 17.0. The van der Waals surface area contributed by atoms with E-state index in [0.717, 1.165) is 11.1 Å². The van der Waals surface area contributed by atoms with Crippen LogP contribution in [0.3, 0.4) is 0 Å². The van der Waals surface area contributed by atoms with Crippen LogP contribution in [0.2, 0.25) is 5.02 Å². The summed E-state index contributed by atoms with van der Waals surface area (Å²) in [5.41, 5.74) is 3.06. The maximum atomic E-state index is 12.7. The van der Waals surface area contributed by atoms with Crippen LogP contribution >= 0.6 is 11.6 Å². The number of hydrogen-bond acceptors (Lipinski definition) is 5. The minimum absolute atomic E-state index is 0.0804. The lowest BCUT2D eigenvalue weighted by molar-refractivity contribution is -0.112. The number of halogens is 1. The lowest BCUT2D eigenvalue weighted by Crippen LogP contribution is -2.13. The zero-order chi connectivity index (χ0) is 25.2. The summed E-state index contributed by atoms with van der Waals surface area (Å²) < 4.78 is 11.6. The molecule has 3 aromatic carbocycles. The Bertz CT molecular complexity index is 1350. The summed E-state index contributed by atoms with van der Waals surface area (Å²) in [5.74, 6) is 0.384. The SMILES string of the molecule is C=CCc1cc(/C=C(\C#N)C(=O)Nc2ccc(Cl)cc2)cc(OC)c1OCc1ccccc1C#N. The van der Waals surface area contributed by atoms with Crippen molar-refractivity contribution in [2.75, 3.05) is 12.4 Å². The first-order valence-corrected chi connectivity index (χ1v) is 11.0. The van der Waals surface area contributed by atoms with Gasteiger partial charge in [-0.3, -0.25) is 4.79 Å². The van der Waals surface area contributed by atoms with Crippen molar-refractivity contribution in [2.24, 2.45) is 0 Å². The van der Waals surface area contributed by atoms with Crippen molar-refractivity contribution in [3.8, 4) is 23.6 Å². The van der Waals surface area contributed by atoms with Gasteiger partial charge in [0, 0.05) is 21.8 Å². The van der Waals surface area contributed by atoms with E-state index in [1.165, 1.54) is 13.2 Å². The standard InChI is InChI=1S/C28H22ClN3O3/c1-3-6-20-13-19(14-23(17-31)28(33)32-25-11-9-24(29)10-12-25)15-26(34-2)27(20)35-18-22-8-5-4-7-21(22)16-30/h3-5,7-15H,1,6,18H2,2H3,(H,32,33)/b23-14+. The van der Waals surface area contributed by atoms with Crippen LogP contribution in [0.15, 0.2) is 78.9 Å². The molecule has 0 aliphatic rings. The monoisotopic (exact) mass is 483 g/mol. The first kappa shape index (κ1) is 25.1. The Morgan fingerprint density at radius 3 is 2.51 bits per heavy atom. The van der Waals surface area contributed by atoms with Crippen LogP contribution in [-0.4, -0.2) is 13.0 Å². The van der Waals surface area contributed by atoms with Gasteiger partial charge in [0.15, 0.2) is 11.5 Å². The molecular formula is C28H22ClN3O3. The van der Waals surface area contributed by atoms with E-state index in [1.807, 2.05) is 24.3 Å². The van der Waals surface area contributed by atoms with Crippen LogP contribution in [0, 0.1) is 22.7 Å². The Kier molecular flexibility index (Phi) is 8.67. The highest BCUT2D eigenvalue weighted by Gasteiger charge is 2.15. The largest absolute Gasteiger partial charge is 0.493 e. The quantitative estimate of drug-likeness (QED) is 0.226. The van der Waals surface area contributed by atoms with Crippen LogP contribution in [0.4, 0.5) is 5.69 Å². The molecule has 0 atom stereocenters. The number of nitriles is 2. The molecule has 7 heteroatoms. The fourth-order valence-corrected chi connectivity index (χ4v) is 3.47. The van der Waals surface area contributed by atoms with Crippen LogP contribution in [-0.2, 0) is 17.8 Å². The second-order valence-corrected chi connectivity index (χ2v) is 7.83. The number of allylic oxidation sites excluding steroid dienone is 1. The predicted octanol–water partition coefficient (Wildman–Crippen LogP) is 6.07. The summed E-state index contributed by atoms with van der Waals surface area (Å²) in [7, 11) is 1.51. The molecule has 3 aromatic rings. The lowest BCUT2D eigenvalue weighted by Gasteiger charge is -2.16. The molecule has 0 aromatic heterocycles. The van der Waals surface area contributed by atoms with Gasteiger partial charge in [-0.2, -0.15) is 10.5 Å². The summed E-state index contributed by atoms with van der Waals surface area (Å²) in [4.78, 5) is 12.7. The van der Waals surface area contributed by atoms with E-state index in [0.29, 0.717) is 39.8 Å². The molecule has 0 radical (unpaired) electrons. The third-order valence-electron chi connectivity index (χ3n) is 5.03. The highest BCUT2D eigenvalue weighted by molar-refractivity contribution is 6.30. The maximum absolute atomic E-state index is 12.7. The highest BCUT2D eigenvalue weighted by Crippen LogP contribution is 2.35. The van der Waals surface area contributed by atoms with Gasteiger partial charge < -0.3 is 14.8 Å². The van der Waals surface area contributed by atoms with Gasteiger partial charge in [0.05, 0.1) is 18.7 Å². The van der Waals surface area contributed by atoms with Gasteiger partial charge in [-0.15, -0.1) is 6.58 Å². The Labute approximate surface area is 209 Å². The Balaban J connectivity index is 1.91. The van der Waals surface area contributed by atoms with Crippen molar-refractivity contribution >= 4 is 29.3 Å². The fraction of sp³-hybridized carbons (Fsp3) is 0.107. The summed E-state index contributed by atoms with van der Waals surface area (Å²) in [5, 5.41) is 22.2. The summed E-state index contributed by atoms with van der Waals surface area (Å²) in [6.07, 6.45) is 3.66. The molecular weight excluding hydrogens is 462 g/mol. The molecule has 0 unspecified atom stereocenters. The van der Waals surface area contributed by atoms with Gasteiger partial charge in [0.1, 0.15) is 18.2 Å². The molecule has 0 aliphatic heterocycles. The molecule has 6 nitrogen and oxygen atoms in total. The molecule has 0 spiro atoms. The second-order valence-electron chi connectivity index (χ2n) is 7.39. The number of carbonyl (C=O) groups excluding carboxylic acids is 1. The number of anilines is 1. The van der Waals surface area contributed by atoms with Crippen molar-refractivity contribution in [3.05, 3.63) is 106 Å². The van der Waals surface area contributed by atoms with E-state index in [2.05, 4.69) is 18.0 Å². The zero-order valence-corrected chi connectivity index (χ0v) is 19.8. The van der Waals surface area contributed by atoms with Gasteiger partial charge >= 0.3 is 0 Å². The topological polar surface area (TPSA) is 95.1 Å². The molecule has 1 N–H and O–H groups in total. The molecule has 0 bridgehead atoms. The number of ether oxygens (including phenoxy) is 2. The predicted molar refractivity (Wildman–Crippen MR) is 136 cm³/mol. The Morgan fingerprint density at radius 1 is 1.11 bits per heavy atom. The van der Waals surface area contributed by atoms with Gasteiger partial charge in [-0.25, -0.2) is 0 Å². The number of methoxy groups -OCH3 is 1. The van der Waals surface area contributed by atoms with Crippen molar-refractivity contribution < 1.29 is 14.3 Å². The summed E-state index contributed by atoms with van der Waals surface area (Å²) in [6, 6.07) is 21.4. The van der Waals surface area contributed by atoms with E-state index in [-0.39, 0.29) is 12.2 Å². The van der Waals surface area contributed by atoms with Crippen molar-refractivity contribution in [1.82, 2.24) is 0 Å². The minimum atomic E-state index is -0.549. The lowest BCUT2D eigenvalue weighted by atomic mass is 10.0. The normalized spacial score (nSPS) is 10.6. The van der Waals surface area contributed by atoms with Crippen molar-refractivity contribution in [3.63, 3.8) is 0 Å². The van der Waals surface area contributed by atoms with E-state index in [9.17, 15) is 15.3 Å². The smallest absolute Gasteiger partial charge is 0.266 e. The fourth-order valence-electron chi connectivity index (χ4n) is 3.34. The van der Waals surface area contributed by atoms with Gasteiger partial charge in [-0.05, 0) is 60.5 Å². The maximum Gasteiger partial charge on any atom is 0.266 e. The molecule has 0 fully saturated rings. The van der Waals surface area contributed by atoms with Crippen LogP contribution in [0.1, 0.15) is 22.3 Å². The molecule has 0 aliphatic carbocycles. The van der Waals surface area contributed by atoms with E-state index in [1.54, 1.807) is 48.5 Å². The van der Waals surface area contributed by atoms with E-state index in [4.69, 9.17) is 21.1 Å². The Hall–Kier alpha value is -4.52. The molecule has 1 amide bonds. The van der Waals surface area contributed by atoms with Gasteiger partial charge in [0.2, 0.25) is 0 Å². The first-order valence-electron chi connectivity index (χ1n) is 10.6. The summed E-state index contributed by atoms with van der Waals surface area (Å²) in [6.45, 7) is 3.98. The van der Waals surface area contributed by atoms with Crippen molar-refractivity contribution in [2.45, 2.75) is 13.0 Å². The number of carbonyl (C=O) groups is 1. The molecule has 0 saturated carbocycles. The molecule has 0 saturated heterocycles. The molecule has 3 rings (SSSR count). The van der Waals surface area contributed by atoms with Crippen molar-refractivity contribution in [1.29, 1.82) is 10.5 Å². The average Bonchev–Trinajstić information content (AvgIpc) is 2.87. The summed E-state index contributed by atoms with van der Waals surface area (Å²) >= 11 is 5.88. The highest BCUT2D eigenvalue weighted by atomic mass is 35.5. The number of nitrogens with one attached hydrogen (secondary N) is 1. The number of amides is 1. The third kappa shape index (κ3) is 6.51. The average molecular weight is 484 g/mol. The second kappa shape index (κ2) is 12.1. The zero-order valence-electron chi connectivity index (χ0n) is 19.0. The van der Waals surface area contributed by atoms with Crippen LogP contribution in [0.25, 0.3) is 6.08 Å². The van der Waals surface area contributed by atoms with Crippen LogP contribution < -0.4 is 14.8 Å².